The number of benzene rings is 1. The van der Waals surface area contributed by atoms with Gasteiger partial charge < -0.3 is 14.8 Å². The maximum Gasteiger partial charge on any atom is 0.0928 e. The maximum atomic E-state index is 5.34. The van der Waals surface area contributed by atoms with E-state index in [-0.39, 0.29) is 6.10 Å². The molecule has 1 rings (SSSR count). The van der Waals surface area contributed by atoms with Crippen molar-refractivity contribution in [3.05, 3.63) is 35.4 Å². The van der Waals surface area contributed by atoms with E-state index in [9.17, 15) is 0 Å². The van der Waals surface area contributed by atoms with E-state index in [4.69, 9.17) is 9.47 Å². The Bertz CT molecular complexity index is 337. The van der Waals surface area contributed by atoms with E-state index in [1.54, 1.807) is 14.2 Å². The van der Waals surface area contributed by atoms with E-state index in [0.717, 1.165) is 13.0 Å². The fourth-order valence-electron chi connectivity index (χ4n) is 2.08. The SMILES string of the molecule is CCCc1ccc(C(C)NCC(COC)OC)cc1. The molecule has 1 aromatic rings. The summed E-state index contributed by atoms with van der Waals surface area (Å²) in [6.45, 7) is 5.79. The maximum absolute atomic E-state index is 5.34. The van der Waals surface area contributed by atoms with E-state index >= 15 is 0 Å². The van der Waals surface area contributed by atoms with Crippen LogP contribution in [0.2, 0.25) is 0 Å². The molecule has 3 nitrogen and oxygen atoms in total. The molecule has 0 aliphatic rings. The first-order valence-electron chi connectivity index (χ1n) is 7.05. The highest BCUT2D eigenvalue weighted by Crippen LogP contribution is 2.14. The third-order valence-electron chi connectivity index (χ3n) is 3.36. The van der Waals surface area contributed by atoms with Gasteiger partial charge in [0, 0.05) is 26.8 Å². The Balaban J connectivity index is 2.45. The summed E-state index contributed by atoms with van der Waals surface area (Å²) in [5, 5.41) is 3.48. The van der Waals surface area contributed by atoms with Gasteiger partial charge in [-0.2, -0.15) is 0 Å². The molecular weight excluding hydrogens is 238 g/mol. The van der Waals surface area contributed by atoms with E-state index in [1.807, 2.05) is 0 Å². The zero-order chi connectivity index (χ0) is 14.1. The Kier molecular flexibility index (Phi) is 7.72. The molecule has 0 aliphatic heterocycles. The van der Waals surface area contributed by atoms with Crippen LogP contribution in [0.15, 0.2) is 24.3 Å². The Morgan fingerprint density at radius 2 is 1.84 bits per heavy atom. The number of methoxy groups -OCH3 is 2. The summed E-state index contributed by atoms with van der Waals surface area (Å²) in [6.07, 6.45) is 2.45. The summed E-state index contributed by atoms with van der Waals surface area (Å²) in [4.78, 5) is 0. The van der Waals surface area contributed by atoms with Gasteiger partial charge in [-0.1, -0.05) is 37.6 Å². The zero-order valence-corrected chi connectivity index (χ0v) is 12.6. The summed E-state index contributed by atoms with van der Waals surface area (Å²) < 4.78 is 10.5. The predicted octanol–water partition coefficient (Wildman–Crippen LogP) is 2.95. The van der Waals surface area contributed by atoms with Crippen LogP contribution in [0.4, 0.5) is 0 Å². The fraction of sp³-hybridized carbons (Fsp3) is 0.625. The largest absolute Gasteiger partial charge is 0.382 e. The summed E-state index contributed by atoms with van der Waals surface area (Å²) >= 11 is 0. The van der Waals surface area contributed by atoms with Crippen LogP contribution < -0.4 is 5.32 Å². The summed E-state index contributed by atoms with van der Waals surface area (Å²) in [7, 11) is 3.41. The third kappa shape index (κ3) is 5.72. The molecule has 2 atom stereocenters. The molecular formula is C16H27NO2. The lowest BCUT2D eigenvalue weighted by Gasteiger charge is -2.19. The quantitative estimate of drug-likeness (QED) is 0.744. The van der Waals surface area contributed by atoms with Gasteiger partial charge in [0.25, 0.3) is 0 Å². The van der Waals surface area contributed by atoms with Crippen molar-refractivity contribution in [3.8, 4) is 0 Å². The first-order valence-corrected chi connectivity index (χ1v) is 7.05. The number of hydrogen-bond donors (Lipinski definition) is 1. The molecule has 2 unspecified atom stereocenters. The van der Waals surface area contributed by atoms with Gasteiger partial charge in [-0.3, -0.25) is 0 Å². The topological polar surface area (TPSA) is 30.5 Å². The lowest BCUT2D eigenvalue weighted by molar-refractivity contribution is 0.0276. The van der Waals surface area contributed by atoms with Crippen molar-refractivity contribution in [1.29, 1.82) is 0 Å². The molecule has 3 heteroatoms. The van der Waals surface area contributed by atoms with E-state index < -0.39 is 0 Å². The number of hydrogen-bond acceptors (Lipinski definition) is 3. The van der Waals surface area contributed by atoms with Crippen molar-refractivity contribution in [3.63, 3.8) is 0 Å². The zero-order valence-electron chi connectivity index (χ0n) is 12.6. The van der Waals surface area contributed by atoms with Gasteiger partial charge >= 0.3 is 0 Å². The molecule has 1 aromatic carbocycles. The van der Waals surface area contributed by atoms with Gasteiger partial charge in [0.1, 0.15) is 0 Å². The molecule has 0 aromatic heterocycles. The predicted molar refractivity (Wildman–Crippen MR) is 79.5 cm³/mol. The van der Waals surface area contributed by atoms with Crippen molar-refractivity contribution >= 4 is 0 Å². The third-order valence-corrected chi connectivity index (χ3v) is 3.36. The molecule has 0 saturated carbocycles. The molecule has 19 heavy (non-hydrogen) atoms. The number of aryl methyl sites for hydroxylation is 1. The first-order chi connectivity index (χ1) is 9.21. The molecule has 0 radical (unpaired) electrons. The fourth-order valence-corrected chi connectivity index (χ4v) is 2.08. The number of rotatable bonds is 9. The van der Waals surface area contributed by atoms with Gasteiger partial charge in [0.05, 0.1) is 12.7 Å². The van der Waals surface area contributed by atoms with Crippen LogP contribution in [0.1, 0.15) is 37.4 Å². The van der Waals surface area contributed by atoms with Crippen molar-refractivity contribution < 1.29 is 9.47 Å². The Hall–Kier alpha value is -0.900. The Labute approximate surface area is 117 Å². The second-order valence-corrected chi connectivity index (χ2v) is 4.93. The Morgan fingerprint density at radius 1 is 1.16 bits per heavy atom. The summed E-state index contributed by atoms with van der Waals surface area (Å²) in [6, 6.07) is 9.19. The standard InChI is InChI=1S/C16H27NO2/c1-5-6-14-7-9-15(10-8-14)13(2)17-11-16(19-4)12-18-3/h7-10,13,16-17H,5-6,11-12H2,1-4H3. The van der Waals surface area contributed by atoms with Crippen molar-refractivity contribution in [1.82, 2.24) is 5.32 Å². The molecule has 0 aliphatic carbocycles. The average Bonchev–Trinajstić information content (AvgIpc) is 2.44. The van der Waals surface area contributed by atoms with Crippen LogP contribution in [-0.2, 0) is 15.9 Å². The van der Waals surface area contributed by atoms with E-state index in [0.29, 0.717) is 12.6 Å². The molecule has 0 fully saturated rings. The van der Waals surface area contributed by atoms with Crippen LogP contribution in [-0.4, -0.2) is 33.5 Å². The van der Waals surface area contributed by atoms with Gasteiger partial charge in [-0.25, -0.2) is 0 Å². The number of ether oxygens (including phenoxy) is 2. The van der Waals surface area contributed by atoms with Crippen LogP contribution in [0, 0.1) is 0 Å². The minimum absolute atomic E-state index is 0.104. The Morgan fingerprint density at radius 3 is 2.37 bits per heavy atom. The molecule has 0 amide bonds. The van der Waals surface area contributed by atoms with Crippen LogP contribution >= 0.6 is 0 Å². The minimum atomic E-state index is 0.104. The molecule has 0 spiro atoms. The van der Waals surface area contributed by atoms with Crippen LogP contribution in [0.5, 0.6) is 0 Å². The molecule has 0 bridgehead atoms. The van der Waals surface area contributed by atoms with Crippen molar-refractivity contribution in [2.24, 2.45) is 0 Å². The molecule has 1 N–H and O–H groups in total. The van der Waals surface area contributed by atoms with Gasteiger partial charge in [-0.15, -0.1) is 0 Å². The van der Waals surface area contributed by atoms with Gasteiger partial charge in [-0.05, 0) is 24.5 Å². The first kappa shape index (κ1) is 16.2. The molecule has 0 heterocycles. The van der Waals surface area contributed by atoms with E-state index in [1.165, 1.54) is 17.5 Å². The van der Waals surface area contributed by atoms with Gasteiger partial charge in [0.2, 0.25) is 0 Å². The smallest absolute Gasteiger partial charge is 0.0928 e. The van der Waals surface area contributed by atoms with Crippen LogP contribution in [0.25, 0.3) is 0 Å². The average molecular weight is 265 g/mol. The highest BCUT2D eigenvalue weighted by atomic mass is 16.5. The highest BCUT2D eigenvalue weighted by molar-refractivity contribution is 5.24. The van der Waals surface area contributed by atoms with Crippen molar-refractivity contribution in [2.45, 2.75) is 38.8 Å². The normalized spacial score (nSPS) is 14.3. The molecule has 0 saturated heterocycles. The summed E-state index contributed by atoms with van der Waals surface area (Å²) in [5.41, 5.74) is 2.72. The second-order valence-electron chi connectivity index (χ2n) is 4.93. The number of nitrogens with one attached hydrogen (secondary N) is 1. The monoisotopic (exact) mass is 265 g/mol. The van der Waals surface area contributed by atoms with Crippen LogP contribution in [0.3, 0.4) is 0 Å². The molecule has 108 valence electrons. The van der Waals surface area contributed by atoms with Gasteiger partial charge in [0.15, 0.2) is 0 Å². The lowest BCUT2D eigenvalue weighted by atomic mass is 10.0. The lowest BCUT2D eigenvalue weighted by Crippen LogP contribution is -2.33. The van der Waals surface area contributed by atoms with Crippen molar-refractivity contribution in [2.75, 3.05) is 27.4 Å². The summed E-state index contributed by atoms with van der Waals surface area (Å²) in [5.74, 6) is 0. The second kappa shape index (κ2) is 9.08. The van der Waals surface area contributed by atoms with E-state index in [2.05, 4.69) is 43.4 Å². The minimum Gasteiger partial charge on any atom is -0.382 e. The highest BCUT2D eigenvalue weighted by Gasteiger charge is 2.10.